The highest BCUT2D eigenvalue weighted by molar-refractivity contribution is 8.07. The number of allylic oxidation sites excluding steroid dienone is 1. The average Bonchev–Trinajstić information content (AvgIpc) is 2.07. The van der Waals surface area contributed by atoms with Gasteiger partial charge in [0, 0.05) is 4.91 Å². The van der Waals surface area contributed by atoms with Crippen molar-refractivity contribution in [1.29, 1.82) is 0 Å². The highest BCUT2D eigenvalue weighted by atomic mass is 32.2. The van der Waals surface area contributed by atoms with Crippen LogP contribution in [-0.2, 0) is 0 Å². The van der Waals surface area contributed by atoms with Gasteiger partial charge in [-0.1, -0.05) is 35.9 Å². The molecule has 64 valence electrons. The standard InChI is InChI=1S/C11H14S/c1-9(2)11(12-3)10-7-5-4-6-8-10/h4-8H,1-3H3. The first-order chi connectivity index (χ1) is 5.75. The van der Waals surface area contributed by atoms with Gasteiger partial charge in [0.15, 0.2) is 0 Å². The molecular formula is C11H14S. The maximum Gasteiger partial charge on any atom is 0.0128 e. The Hall–Kier alpha value is -0.690. The smallest absolute Gasteiger partial charge is 0.0128 e. The molecule has 0 saturated carbocycles. The van der Waals surface area contributed by atoms with Gasteiger partial charge in [-0.25, -0.2) is 0 Å². The molecule has 0 spiro atoms. The summed E-state index contributed by atoms with van der Waals surface area (Å²) in [6, 6.07) is 10.5. The van der Waals surface area contributed by atoms with E-state index >= 15 is 0 Å². The van der Waals surface area contributed by atoms with Crippen LogP contribution in [0.5, 0.6) is 0 Å². The minimum atomic E-state index is 1.32. The first kappa shape index (κ1) is 9.40. The minimum absolute atomic E-state index is 1.32. The molecule has 0 N–H and O–H groups in total. The molecule has 0 saturated heterocycles. The van der Waals surface area contributed by atoms with Gasteiger partial charge in [-0.15, -0.1) is 11.8 Å². The zero-order valence-electron chi connectivity index (χ0n) is 7.79. The topological polar surface area (TPSA) is 0 Å². The van der Waals surface area contributed by atoms with Crippen LogP contribution < -0.4 is 0 Å². The van der Waals surface area contributed by atoms with E-state index < -0.39 is 0 Å². The second-order valence-electron chi connectivity index (χ2n) is 2.90. The summed E-state index contributed by atoms with van der Waals surface area (Å²) in [7, 11) is 0. The fourth-order valence-electron chi connectivity index (χ4n) is 1.20. The summed E-state index contributed by atoms with van der Waals surface area (Å²) in [5.41, 5.74) is 2.71. The van der Waals surface area contributed by atoms with Crippen LogP contribution in [0.4, 0.5) is 0 Å². The summed E-state index contributed by atoms with van der Waals surface area (Å²) in [5, 5.41) is 0. The van der Waals surface area contributed by atoms with Crippen molar-refractivity contribution in [2.24, 2.45) is 0 Å². The first-order valence-corrected chi connectivity index (χ1v) is 5.25. The Balaban J connectivity index is 3.05. The average molecular weight is 178 g/mol. The lowest BCUT2D eigenvalue weighted by molar-refractivity contribution is 1.41. The summed E-state index contributed by atoms with van der Waals surface area (Å²) in [4.78, 5) is 1.38. The van der Waals surface area contributed by atoms with E-state index in [0.717, 1.165) is 0 Å². The predicted octanol–water partition coefficient (Wildman–Crippen LogP) is 3.80. The molecule has 0 atom stereocenters. The molecule has 1 aromatic carbocycles. The Morgan fingerprint density at radius 1 is 1.08 bits per heavy atom. The molecule has 0 heterocycles. The van der Waals surface area contributed by atoms with Crippen molar-refractivity contribution >= 4 is 16.7 Å². The molecule has 1 aromatic rings. The third kappa shape index (κ3) is 2.15. The van der Waals surface area contributed by atoms with Crippen molar-refractivity contribution < 1.29 is 0 Å². The van der Waals surface area contributed by atoms with Gasteiger partial charge in [0.2, 0.25) is 0 Å². The second kappa shape index (κ2) is 4.36. The highest BCUT2D eigenvalue weighted by Gasteiger charge is 1.99. The van der Waals surface area contributed by atoms with Crippen LogP contribution >= 0.6 is 11.8 Å². The predicted molar refractivity (Wildman–Crippen MR) is 58.2 cm³/mol. The Labute approximate surface area is 78.7 Å². The van der Waals surface area contributed by atoms with E-state index in [9.17, 15) is 0 Å². The van der Waals surface area contributed by atoms with Gasteiger partial charge in [-0.05, 0) is 25.7 Å². The lowest BCUT2D eigenvalue weighted by Gasteiger charge is -2.05. The Bertz CT molecular complexity index is 268. The monoisotopic (exact) mass is 178 g/mol. The third-order valence-electron chi connectivity index (χ3n) is 1.69. The molecule has 0 radical (unpaired) electrons. The number of hydrogen-bond acceptors (Lipinski definition) is 1. The summed E-state index contributed by atoms with van der Waals surface area (Å²) in [5.74, 6) is 0. The molecule has 1 rings (SSSR count). The summed E-state index contributed by atoms with van der Waals surface area (Å²) >= 11 is 1.81. The van der Waals surface area contributed by atoms with Crippen molar-refractivity contribution in [2.75, 3.05) is 6.26 Å². The number of thioether (sulfide) groups is 1. The molecule has 0 amide bonds. The van der Waals surface area contributed by atoms with Crippen molar-refractivity contribution in [3.05, 3.63) is 41.5 Å². The van der Waals surface area contributed by atoms with Gasteiger partial charge in [0.25, 0.3) is 0 Å². The fourth-order valence-corrected chi connectivity index (χ4v) is 1.98. The fraction of sp³-hybridized carbons (Fsp3) is 0.273. The summed E-state index contributed by atoms with van der Waals surface area (Å²) < 4.78 is 0. The van der Waals surface area contributed by atoms with Crippen LogP contribution in [-0.4, -0.2) is 6.26 Å². The lowest BCUT2D eigenvalue weighted by Crippen LogP contribution is -1.80. The molecule has 12 heavy (non-hydrogen) atoms. The van der Waals surface area contributed by atoms with Gasteiger partial charge in [0.1, 0.15) is 0 Å². The van der Waals surface area contributed by atoms with E-state index in [1.807, 2.05) is 17.8 Å². The quantitative estimate of drug-likeness (QED) is 0.663. The van der Waals surface area contributed by atoms with E-state index in [1.54, 1.807) is 0 Å². The van der Waals surface area contributed by atoms with E-state index in [0.29, 0.717) is 0 Å². The Morgan fingerprint density at radius 2 is 1.67 bits per heavy atom. The molecular weight excluding hydrogens is 164 g/mol. The maximum atomic E-state index is 2.15. The maximum absolute atomic E-state index is 2.15. The number of benzene rings is 1. The number of hydrogen-bond donors (Lipinski definition) is 0. The van der Waals surface area contributed by atoms with Crippen LogP contribution in [0, 0.1) is 0 Å². The van der Waals surface area contributed by atoms with Gasteiger partial charge in [0.05, 0.1) is 0 Å². The molecule has 0 aliphatic carbocycles. The van der Waals surface area contributed by atoms with Crippen molar-refractivity contribution in [3.63, 3.8) is 0 Å². The number of rotatable bonds is 2. The van der Waals surface area contributed by atoms with Crippen LogP contribution in [0.1, 0.15) is 19.4 Å². The van der Waals surface area contributed by atoms with Crippen LogP contribution in [0.15, 0.2) is 35.9 Å². The zero-order valence-corrected chi connectivity index (χ0v) is 8.61. The van der Waals surface area contributed by atoms with E-state index in [-0.39, 0.29) is 0 Å². The lowest BCUT2D eigenvalue weighted by atomic mass is 10.1. The first-order valence-electron chi connectivity index (χ1n) is 4.02. The molecule has 0 aliphatic rings. The molecule has 0 aliphatic heterocycles. The molecule has 0 nitrogen and oxygen atoms in total. The third-order valence-corrected chi connectivity index (χ3v) is 2.75. The van der Waals surface area contributed by atoms with Crippen molar-refractivity contribution in [1.82, 2.24) is 0 Å². The SMILES string of the molecule is CSC(=C(C)C)c1ccccc1. The van der Waals surface area contributed by atoms with E-state index in [4.69, 9.17) is 0 Å². The molecule has 1 heteroatoms. The largest absolute Gasteiger partial charge is 0.129 e. The van der Waals surface area contributed by atoms with Crippen molar-refractivity contribution in [3.8, 4) is 0 Å². The Morgan fingerprint density at radius 3 is 2.08 bits per heavy atom. The zero-order chi connectivity index (χ0) is 8.97. The van der Waals surface area contributed by atoms with Crippen LogP contribution in [0.25, 0.3) is 4.91 Å². The molecule has 0 bridgehead atoms. The highest BCUT2D eigenvalue weighted by Crippen LogP contribution is 2.27. The van der Waals surface area contributed by atoms with Gasteiger partial charge in [-0.2, -0.15) is 0 Å². The van der Waals surface area contributed by atoms with E-state index in [1.165, 1.54) is 16.0 Å². The minimum Gasteiger partial charge on any atom is -0.129 e. The Kier molecular flexibility index (Phi) is 3.42. The summed E-state index contributed by atoms with van der Waals surface area (Å²) in [6.07, 6.45) is 2.12. The van der Waals surface area contributed by atoms with Gasteiger partial charge >= 0.3 is 0 Å². The normalized spacial score (nSPS) is 9.58. The van der Waals surface area contributed by atoms with Gasteiger partial charge < -0.3 is 0 Å². The van der Waals surface area contributed by atoms with E-state index in [2.05, 4.69) is 44.4 Å². The summed E-state index contributed by atoms with van der Waals surface area (Å²) in [6.45, 7) is 4.30. The molecule has 0 fully saturated rings. The second-order valence-corrected chi connectivity index (χ2v) is 3.72. The van der Waals surface area contributed by atoms with Crippen LogP contribution in [0.3, 0.4) is 0 Å². The van der Waals surface area contributed by atoms with Crippen molar-refractivity contribution in [2.45, 2.75) is 13.8 Å². The van der Waals surface area contributed by atoms with Crippen LogP contribution in [0.2, 0.25) is 0 Å². The molecule has 0 aromatic heterocycles. The molecule has 0 unspecified atom stereocenters. The van der Waals surface area contributed by atoms with Gasteiger partial charge in [-0.3, -0.25) is 0 Å².